The normalized spacial score (nSPS) is 17.5. The number of fused-ring (bicyclic) bond motifs is 1. The van der Waals surface area contributed by atoms with Crippen LogP contribution in [0.1, 0.15) is 18.9 Å². The van der Waals surface area contributed by atoms with Crippen molar-refractivity contribution in [3.63, 3.8) is 0 Å². The van der Waals surface area contributed by atoms with E-state index in [1.807, 2.05) is 12.1 Å². The van der Waals surface area contributed by atoms with Gasteiger partial charge in [-0.05, 0) is 36.2 Å². The molecule has 0 bridgehead atoms. The number of anilines is 2. The van der Waals surface area contributed by atoms with Crippen molar-refractivity contribution in [2.75, 3.05) is 16.8 Å². The fraction of sp³-hybridized carbons (Fsp3) is 0.294. The molecule has 1 unspecified atom stereocenters. The quantitative estimate of drug-likeness (QED) is 0.905. The number of hydrogen-bond donors (Lipinski definition) is 1. The van der Waals surface area contributed by atoms with E-state index in [4.69, 9.17) is 0 Å². The zero-order chi connectivity index (χ0) is 13.9. The summed E-state index contributed by atoms with van der Waals surface area (Å²) in [6, 6.07) is 15.6. The lowest BCUT2D eigenvalue weighted by Crippen LogP contribution is -2.43. The highest BCUT2D eigenvalue weighted by Gasteiger charge is 2.24. The average Bonchev–Trinajstić information content (AvgIpc) is 2.48. The summed E-state index contributed by atoms with van der Waals surface area (Å²) in [6.45, 7) is 3.87. The van der Waals surface area contributed by atoms with Gasteiger partial charge in [0, 0.05) is 19.1 Å². The second-order valence-electron chi connectivity index (χ2n) is 5.22. The molecule has 2 nitrogen and oxygen atoms in total. The molecular weight excluding hydrogens is 251 g/mol. The first-order valence-corrected chi connectivity index (χ1v) is 7.12. The number of halogens is 1. The van der Waals surface area contributed by atoms with E-state index in [2.05, 4.69) is 35.3 Å². The van der Waals surface area contributed by atoms with Crippen LogP contribution in [0.3, 0.4) is 0 Å². The van der Waals surface area contributed by atoms with Gasteiger partial charge >= 0.3 is 0 Å². The standard InChI is InChI=1S/C17H19FN2/c1-2-15-11-19-16-8-3-4-9-17(16)20(15)12-13-6-5-7-14(18)10-13/h3-10,15,19H,2,11-12H2,1H3. The monoisotopic (exact) mass is 270 g/mol. The van der Waals surface area contributed by atoms with Gasteiger partial charge in [-0.2, -0.15) is 0 Å². The Kier molecular flexibility index (Phi) is 3.59. The van der Waals surface area contributed by atoms with E-state index in [0.29, 0.717) is 6.04 Å². The Morgan fingerprint density at radius 3 is 2.85 bits per heavy atom. The second-order valence-corrected chi connectivity index (χ2v) is 5.22. The molecule has 0 amide bonds. The molecule has 1 heterocycles. The Bertz CT molecular complexity index is 597. The van der Waals surface area contributed by atoms with Crippen LogP contribution in [0, 0.1) is 5.82 Å². The van der Waals surface area contributed by atoms with E-state index in [-0.39, 0.29) is 5.82 Å². The fourth-order valence-electron chi connectivity index (χ4n) is 2.82. The molecule has 0 aliphatic carbocycles. The number of hydrogen-bond acceptors (Lipinski definition) is 2. The van der Waals surface area contributed by atoms with Crippen LogP contribution in [0.4, 0.5) is 15.8 Å². The molecule has 3 rings (SSSR count). The minimum atomic E-state index is -0.168. The summed E-state index contributed by atoms with van der Waals surface area (Å²) in [4.78, 5) is 2.38. The molecule has 3 heteroatoms. The van der Waals surface area contributed by atoms with Crippen molar-refractivity contribution in [2.24, 2.45) is 0 Å². The Balaban J connectivity index is 1.93. The highest BCUT2D eigenvalue weighted by Crippen LogP contribution is 2.33. The van der Waals surface area contributed by atoms with Crippen LogP contribution >= 0.6 is 0 Å². The molecule has 0 fully saturated rings. The minimum absolute atomic E-state index is 0.168. The molecule has 20 heavy (non-hydrogen) atoms. The Morgan fingerprint density at radius 2 is 2.05 bits per heavy atom. The number of benzene rings is 2. The fourth-order valence-corrected chi connectivity index (χ4v) is 2.82. The first-order valence-electron chi connectivity index (χ1n) is 7.12. The molecule has 0 radical (unpaired) electrons. The molecule has 0 spiro atoms. The summed E-state index contributed by atoms with van der Waals surface area (Å²) < 4.78 is 13.4. The Hall–Kier alpha value is -2.03. The van der Waals surface area contributed by atoms with E-state index >= 15 is 0 Å². The third kappa shape index (κ3) is 2.48. The smallest absolute Gasteiger partial charge is 0.123 e. The van der Waals surface area contributed by atoms with Crippen molar-refractivity contribution < 1.29 is 4.39 Å². The summed E-state index contributed by atoms with van der Waals surface area (Å²) in [6.07, 6.45) is 1.07. The average molecular weight is 270 g/mol. The maximum Gasteiger partial charge on any atom is 0.123 e. The molecule has 2 aromatic rings. The van der Waals surface area contributed by atoms with Crippen molar-refractivity contribution >= 4 is 11.4 Å². The van der Waals surface area contributed by atoms with Gasteiger partial charge in [-0.1, -0.05) is 31.2 Å². The first kappa shape index (κ1) is 13.0. The topological polar surface area (TPSA) is 15.3 Å². The molecule has 1 aliphatic rings. The molecule has 0 saturated heterocycles. The summed E-state index contributed by atoms with van der Waals surface area (Å²) >= 11 is 0. The van der Waals surface area contributed by atoms with E-state index in [0.717, 1.165) is 30.8 Å². The first-order chi connectivity index (χ1) is 9.78. The molecule has 0 saturated carbocycles. The maximum atomic E-state index is 13.4. The number of nitrogens with one attached hydrogen (secondary N) is 1. The lowest BCUT2D eigenvalue weighted by atomic mass is 10.0. The van der Waals surface area contributed by atoms with Crippen LogP contribution in [-0.4, -0.2) is 12.6 Å². The number of nitrogens with zero attached hydrogens (tertiary/aromatic N) is 1. The highest BCUT2D eigenvalue weighted by molar-refractivity contribution is 5.72. The molecule has 2 aromatic carbocycles. The van der Waals surface area contributed by atoms with Crippen molar-refractivity contribution in [3.8, 4) is 0 Å². The largest absolute Gasteiger partial charge is 0.381 e. The number of para-hydroxylation sites is 2. The molecule has 1 N–H and O–H groups in total. The van der Waals surface area contributed by atoms with Crippen LogP contribution < -0.4 is 10.2 Å². The van der Waals surface area contributed by atoms with E-state index in [1.165, 1.54) is 11.8 Å². The van der Waals surface area contributed by atoms with Gasteiger partial charge in [0.15, 0.2) is 0 Å². The van der Waals surface area contributed by atoms with Gasteiger partial charge in [0.2, 0.25) is 0 Å². The third-order valence-corrected chi connectivity index (χ3v) is 3.90. The Labute approximate surface area is 119 Å². The maximum absolute atomic E-state index is 13.4. The summed E-state index contributed by atoms with van der Waals surface area (Å²) in [5.41, 5.74) is 3.38. The zero-order valence-corrected chi connectivity index (χ0v) is 11.6. The van der Waals surface area contributed by atoms with Crippen LogP contribution in [0.25, 0.3) is 0 Å². The number of rotatable bonds is 3. The third-order valence-electron chi connectivity index (χ3n) is 3.90. The predicted molar refractivity (Wildman–Crippen MR) is 81.6 cm³/mol. The van der Waals surface area contributed by atoms with Gasteiger partial charge < -0.3 is 10.2 Å². The van der Waals surface area contributed by atoms with Crippen LogP contribution in [0.5, 0.6) is 0 Å². The zero-order valence-electron chi connectivity index (χ0n) is 11.6. The predicted octanol–water partition coefficient (Wildman–Crippen LogP) is 4.04. The summed E-state index contributed by atoms with van der Waals surface area (Å²) in [7, 11) is 0. The highest BCUT2D eigenvalue weighted by atomic mass is 19.1. The molecule has 104 valence electrons. The van der Waals surface area contributed by atoms with Crippen LogP contribution in [0.15, 0.2) is 48.5 Å². The summed E-state index contributed by atoms with van der Waals surface area (Å²) in [5, 5.41) is 3.48. The van der Waals surface area contributed by atoms with Crippen molar-refractivity contribution in [2.45, 2.75) is 25.9 Å². The van der Waals surface area contributed by atoms with Gasteiger partial charge in [0.1, 0.15) is 5.82 Å². The van der Waals surface area contributed by atoms with Gasteiger partial charge in [-0.25, -0.2) is 4.39 Å². The van der Waals surface area contributed by atoms with Gasteiger partial charge in [0.25, 0.3) is 0 Å². The van der Waals surface area contributed by atoms with E-state index < -0.39 is 0 Å². The summed E-state index contributed by atoms with van der Waals surface area (Å²) in [5.74, 6) is -0.168. The lowest BCUT2D eigenvalue weighted by Gasteiger charge is -2.39. The lowest BCUT2D eigenvalue weighted by molar-refractivity contribution is 0.576. The van der Waals surface area contributed by atoms with E-state index in [9.17, 15) is 4.39 Å². The van der Waals surface area contributed by atoms with Gasteiger partial charge in [-0.3, -0.25) is 0 Å². The molecule has 1 atom stereocenters. The molecule has 0 aromatic heterocycles. The van der Waals surface area contributed by atoms with Crippen LogP contribution in [0.2, 0.25) is 0 Å². The van der Waals surface area contributed by atoms with Crippen molar-refractivity contribution in [1.29, 1.82) is 0 Å². The van der Waals surface area contributed by atoms with Gasteiger partial charge in [0.05, 0.1) is 11.4 Å². The van der Waals surface area contributed by atoms with Crippen LogP contribution in [-0.2, 0) is 6.54 Å². The molecular formula is C17H19FN2. The SMILES string of the molecule is CCC1CNc2ccccc2N1Cc1cccc(F)c1. The molecule has 1 aliphatic heterocycles. The van der Waals surface area contributed by atoms with E-state index in [1.54, 1.807) is 12.1 Å². The second kappa shape index (κ2) is 5.53. The van der Waals surface area contributed by atoms with Gasteiger partial charge in [-0.15, -0.1) is 0 Å². The minimum Gasteiger partial charge on any atom is -0.381 e. The Morgan fingerprint density at radius 1 is 1.20 bits per heavy atom. The van der Waals surface area contributed by atoms with Crippen molar-refractivity contribution in [1.82, 2.24) is 0 Å². The van der Waals surface area contributed by atoms with Crippen molar-refractivity contribution in [3.05, 3.63) is 59.9 Å².